The molecule has 1 heterocycles. The standard InChI is InChI=1S/C10H21N.ClH/c1-3-5-9-7-8-10(11-9)6-4-2;/h9-11H,3-8H2,1-2H3;1H/t9-,10+;. The lowest BCUT2D eigenvalue weighted by Crippen LogP contribution is -2.28. The highest BCUT2D eigenvalue weighted by atomic mass is 35.5. The fourth-order valence-electron chi connectivity index (χ4n) is 2.05. The Morgan fingerprint density at radius 2 is 1.42 bits per heavy atom. The van der Waals surface area contributed by atoms with Crippen molar-refractivity contribution in [3.8, 4) is 0 Å². The number of rotatable bonds is 4. The van der Waals surface area contributed by atoms with Gasteiger partial charge in [-0.1, -0.05) is 26.7 Å². The first-order valence-electron chi connectivity index (χ1n) is 5.12. The van der Waals surface area contributed by atoms with Crippen molar-refractivity contribution in [2.45, 2.75) is 64.5 Å². The highest BCUT2D eigenvalue weighted by Gasteiger charge is 2.21. The van der Waals surface area contributed by atoms with Crippen LogP contribution >= 0.6 is 12.4 Å². The van der Waals surface area contributed by atoms with E-state index in [-0.39, 0.29) is 12.4 Å². The average molecular weight is 192 g/mol. The van der Waals surface area contributed by atoms with Crippen molar-refractivity contribution in [3.63, 3.8) is 0 Å². The van der Waals surface area contributed by atoms with Crippen molar-refractivity contribution in [1.82, 2.24) is 5.32 Å². The molecule has 1 saturated heterocycles. The third-order valence-corrected chi connectivity index (χ3v) is 2.61. The van der Waals surface area contributed by atoms with Crippen molar-refractivity contribution < 1.29 is 0 Å². The number of nitrogens with one attached hydrogen (secondary N) is 1. The zero-order chi connectivity index (χ0) is 8.10. The highest BCUT2D eigenvalue weighted by molar-refractivity contribution is 5.85. The third-order valence-electron chi connectivity index (χ3n) is 2.61. The molecule has 2 atom stereocenters. The van der Waals surface area contributed by atoms with Crippen LogP contribution in [0.1, 0.15) is 52.4 Å². The molecule has 74 valence electrons. The van der Waals surface area contributed by atoms with Gasteiger partial charge in [0.15, 0.2) is 0 Å². The van der Waals surface area contributed by atoms with E-state index >= 15 is 0 Å². The molecule has 1 rings (SSSR count). The summed E-state index contributed by atoms with van der Waals surface area (Å²) in [5, 5.41) is 3.69. The molecule has 0 radical (unpaired) electrons. The quantitative estimate of drug-likeness (QED) is 0.720. The molecule has 1 aliphatic heterocycles. The van der Waals surface area contributed by atoms with Gasteiger partial charge in [-0.3, -0.25) is 0 Å². The maximum Gasteiger partial charge on any atom is 0.00701 e. The molecule has 0 spiro atoms. The Bertz CT molecular complexity index is 94.0. The summed E-state index contributed by atoms with van der Waals surface area (Å²) in [5.41, 5.74) is 0. The Morgan fingerprint density at radius 3 is 1.75 bits per heavy atom. The molecular weight excluding hydrogens is 170 g/mol. The van der Waals surface area contributed by atoms with Gasteiger partial charge in [0.2, 0.25) is 0 Å². The van der Waals surface area contributed by atoms with E-state index in [1.165, 1.54) is 38.5 Å². The molecule has 0 aromatic carbocycles. The molecule has 12 heavy (non-hydrogen) atoms. The minimum Gasteiger partial charge on any atom is -0.311 e. The van der Waals surface area contributed by atoms with Crippen LogP contribution in [-0.4, -0.2) is 12.1 Å². The van der Waals surface area contributed by atoms with E-state index < -0.39 is 0 Å². The van der Waals surface area contributed by atoms with Gasteiger partial charge in [0.05, 0.1) is 0 Å². The number of hydrogen-bond acceptors (Lipinski definition) is 1. The predicted octanol–water partition coefficient (Wildman–Crippen LogP) is 3.13. The minimum atomic E-state index is 0. The van der Waals surface area contributed by atoms with E-state index in [0.717, 1.165) is 12.1 Å². The molecule has 0 aromatic rings. The fraction of sp³-hybridized carbons (Fsp3) is 1.00. The monoisotopic (exact) mass is 191 g/mol. The van der Waals surface area contributed by atoms with Gasteiger partial charge in [0.25, 0.3) is 0 Å². The Labute approximate surface area is 82.7 Å². The lowest BCUT2D eigenvalue weighted by Gasteiger charge is -2.12. The molecule has 1 aliphatic rings. The second kappa shape index (κ2) is 6.73. The number of hydrogen-bond donors (Lipinski definition) is 1. The molecule has 0 aliphatic carbocycles. The Kier molecular flexibility index (Phi) is 6.87. The van der Waals surface area contributed by atoms with Gasteiger partial charge in [-0.05, 0) is 25.7 Å². The lowest BCUT2D eigenvalue weighted by molar-refractivity contribution is 0.484. The second-order valence-electron chi connectivity index (χ2n) is 3.72. The first kappa shape index (κ1) is 12.2. The van der Waals surface area contributed by atoms with Crippen LogP contribution in [0.5, 0.6) is 0 Å². The van der Waals surface area contributed by atoms with Crippen LogP contribution in [0.4, 0.5) is 0 Å². The topological polar surface area (TPSA) is 12.0 Å². The van der Waals surface area contributed by atoms with Crippen LogP contribution in [0.25, 0.3) is 0 Å². The molecule has 1 fully saturated rings. The van der Waals surface area contributed by atoms with E-state index in [2.05, 4.69) is 19.2 Å². The fourth-order valence-corrected chi connectivity index (χ4v) is 2.05. The maximum atomic E-state index is 3.69. The van der Waals surface area contributed by atoms with E-state index in [1.54, 1.807) is 0 Å². The normalized spacial score (nSPS) is 28.5. The molecule has 0 amide bonds. The van der Waals surface area contributed by atoms with Crippen LogP contribution < -0.4 is 5.32 Å². The van der Waals surface area contributed by atoms with Gasteiger partial charge < -0.3 is 5.32 Å². The summed E-state index contributed by atoms with van der Waals surface area (Å²) in [6.07, 6.45) is 8.24. The van der Waals surface area contributed by atoms with Crippen LogP contribution in [0.2, 0.25) is 0 Å². The summed E-state index contributed by atoms with van der Waals surface area (Å²) in [6, 6.07) is 1.69. The first-order valence-corrected chi connectivity index (χ1v) is 5.12. The molecule has 0 bridgehead atoms. The summed E-state index contributed by atoms with van der Waals surface area (Å²) >= 11 is 0. The Balaban J connectivity index is 0.00000121. The predicted molar refractivity (Wildman–Crippen MR) is 57.0 cm³/mol. The van der Waals surface area contributed by atoms with Crippen LogP contribution in [0.15, 0.2) is 0 Å². The summed E-state index contributed by atoms with van der Waals surface area (Å²) in [4.78, 5) is 0. The molecule has 0 unspecified atom stereocenters. The average Bonchev–Trinajstić information content (AvgIpc) is 2.38. The zero-order valence-corrected chi connectivity index (χ0v) is 9.12. The van der Waals surface area contributed by atoms with E-state index in [9.17, 15) is 0 Å². The van der Waals surface area contributed by atoms with Gasteiger partial charge in [-0.15, -0.1) is 12.4 Å². The van der Waals surface area contributed by atoms with Crippen LogP contribution in [-0.2, 0) is 0 Å². The van der Waals surface area contributed by atoms with Crippen molar-refractivity contribution in [2.24, 2.45) is 0 Å². The highest BCUT2D eigenvalue weighted by Crippen LogP contribution is 2.18. The minimum absolute atomic E-state index is 0. The van der Waals surface area contributed by atoms with Crippen LogP contribution in [0, 0.1) is 0 Å². The largest absolute Gasteiger partial charge is 0.311 e. The van der Waals surface area contributed by atoms with Crippen molar-refractivity contribution in [1.29, 1.82) is 0 Å². The molecule has 2 heteroatoms. The smallest absolute Gasteiger partial charge is 0.00701 e. The van der Waals surface area contributed by atoms with Crippen LogP contribution in [0.3, 0.4) is 0 Å². The van der Waals surface area contributed by atoms with Gasteiger partial charge in [-0.2, -0.15) is 0 Å². The summed E-state index contributed by atoms with van der Waals surface area (Å²) in [6.45, 7) is 4.55. The zero-order valence-electron chi connectivity index (χ0n) is 8.31. The van der Waals surface area contributed by atoms with Crippen molar-refractivity contribution >= 4 is 12.4 Å². The first-order chi connectivity index (χ1) is 5.36. The number of halogens is 1. The molecule has 0 aromatic heterocycles. The molecule has 0 saturated carbocycles. The molecule has 1 nitrogen and oxygen atoms in total. The van der Waals surface area contributed by atoms with Crippen molar-refractivity contribution in [3.05, 3.63) is 0 Å². The summed E-state index contributed by atoms with van der Waals surface area (Å²) in [7, 11) is 0. The lowest BCUT2D eigenvalue weighted by atomic mass is 10.1. The SMILES string of the molecule is CCC[C@@H]1CC[C@H](CCC)N1.Cl. The van der Waals surface area contributed by atoms with E-state index in [1.807, 2.05) is 0 Å². The van der Waals surface area contributed by atoms with Gasteiger partial charge in [-0.25, -0.2) is 0 Å². The Hall–Kier alpha value is 0.250. The van der Waals surface area contributed by atoms with Gasteiger partial charge in [0.1, 0.15) is 0 Å². The summed E-state index contributed by atoms with van der Waals surface area (Å²) in [5.74, 6) is 0. The van der Waals surface area contributed by atoms with Gasteiger partial charge in [0, 0.05) is 12.1 Å². The summed E-state index contributed by atoms with van der Waals surface area (Å²) < 4.78 is 0. The van der Waals surface area contributed by atoms with E-state index in [4.69, 9.17) is 0 Å². The second-order valence-corrected chi connectivity index (χ2v) is 3.72. The van der Waals surface area contributed by atoms with Gasteiger partial charge >= 0.3 is 0 Å². The Morgan fingerprint density at radius 1 is 1.00 bits per heavy atom. The third kappa shape index (κ3) is 3.77. The van der Waals surface area contributed by atoms with Crippen molar-refractivity contribution in [2.75, 3.05) is 0 Å². The molecular formula is C10H22ClN. The molecule has 1 N–H and O–H groups in total. The maximum absolute atomic E-state index is 3.69. The van der Waals surface area contributed by atoms with E-state index in [0.29, 0.717) is 0 Å².